The van der Waals surface area contributed by atoms with Crippen LogP contribution in [0.5, 0.6) is 5.75 Å². The monoisotopic (exact) mass is 230 g/mol. The van der Waals surface area contributed by atoms with Gasteiger partial charge in [0, 0.05) is 15.0 Å². The number of thiol groups is 1. The molecular weight excluding hydrogens is 224 g/mol. The minimum absolute atomic E-state index is 0.580. The molecule has 0 aliphatic rings. The third-order valence-corrected chi connectivity index (χ3v) is 3.69. The molecule has 4 heteroatoms. The summed E-state index contributed by atoms with van der Waals surface area (Å²) in [4.78, 5) is 0.789. The second-order valence-corrected chi connectivity index (χ2v) is 4.35. The standard InChI is InChI=1S/C9H7ClOS2/c1-11-6-4-7-5(2-3-13-7)9(12)8(6)10/h2-4,12H,1H3. The highest BCUT2D eigenvalue weighted by Crippen LogP contribution is 2.39. The van der Waals surface area contributed by atoms with Gasteiger partial charge in [0.05, 0.1) is 12.1 Å². The molecule has 0 aliphatic heterocycles. The number of thiophene rings is 1. The molecule has 0 radical (unpaired) electrons. The topological polar surface area (TPSA) is 9.23 Å². The average Bonchev–Trinajstić information content (AvgIpc) is 2.59. The molecule has 0 saturated carbocycles. The molecule has 0 atom stereocenters. The molecule has 1 heterocycles. The van der Waals surface area contributed by atoms with E-state index in [0.717, 1.165) is 15.0 Å². The predicted molar refractivity (Wildman–Crippen MR) is 60.6 cm³/mol. The van der Waals surface area contributed by atoms with E-state index in [1.54, 1.807) is 18.4 Å². The van der Waals surface area contributed by atoms with Crippen LogP contribution >= 0.6 is 35.6 Å². The summed E-state index contributed by atoms with van der Waals surface area (Å²) < 4.78 is 6.27. The van der Waals surface area contributed by atoms with Crippen LogP contribution in [0.25, 0.3) is 10.1 Å². The molecule has 13 heavy (non-hydrogen) atoms. The van der Waals surface area contributed by atoms with Crippen LogP contribution in [0, 0.1) is 0 Å². The van der Waals surface area contributed by atoms with Crippen LogP contribution in [-0.4, -0.2) is 7.11 Å². The maximum Gasteiger partial charge on any atom is 0.140 e. The fourth-order valence-electron chi connectivity index (χ4n) is 1.19. The Morgan fingerprint density at radius 2 is 2.31 bits per heavy atom. The van der Waals surface area contributed by atoms with Crippen molar-refractivity contribution in [3.63, 3.8) is 0 Å². The highest BCUT2D eigenvalue weighted by atomic mass is 35.5. The molecule has 0 spiro atoms. The number of rotatable bonds is 1. The summed E-state index contributed by atoms with van der Waals surface area (Å²) in [5.74, 6) is 0.682. The SMILES string of the molecule is COc1cc2sccc2c(S)c1Cl. The summed E-state index contributed by atoms with van der Waals surface area (Å²) in [6, 6.07) is 3.94. The van der Waals surface area contributed by atoms with E-state index < -0.39 is 0 Å². The number of benzene rings is 1. The van der Waals surface area contributed by atoms with Crippen molar-refractivity contribution in [1.82, 2.24) is 0 Å². The van der Waals surface area contributed by atoms with E-state index in [9.17, 15) is 0 Å². The van der Waals surface area contributed by atoms with E-state index >= 15 is 0 Å². The van der Waals surface area contributed by atoms with E-state index in [1.807, 2.05) is 17.5 Å². The van der Waals surface area contributed by atoms with Crippen molar-refractivity contribution < 1.29 is 4.74 Å². The zero-order chi connectivity index (χ0) is 9.42. The van der Waals surface area contributed by atoms with Crippen molar-refractivity contribution in [2.75, 3.05) is 7.11 Å². The van der Waals surface area contributed by atoms with Gasteiger partial charge in [0.2, 0.25) is 0 Å². The van der Waals surface area contributed by atoms with E-state index in [4.69, 9.17) is 16.3 Å². The lowest BCUT2D eigenvalue weighted by Gasteiger charge is -2.05. The van der Waals surface area contributed by atoms with Crippen LogP contribution in [0.3, 0.4) is 0 Å². The quantitative estimate of drug-likeness (QED) is 0.733. The van der Waals surface area contributed by atoms with Crippen molar-refractivity contribution in [2.24, 2.45) is 0 Å². The predicted octanol–water partition coefficient (Wildman–Crippen LogP) is 3.85. The van der Waals surface area contributed by atoms with Crippen LogP contribution in [0.2, 0.25) is 5.02 Å². The summed E-state index contributed by atoms with van der Waals surface area (Å²) in [5, 5.41) is 3.68. The number of fused-ring (bicyclic) bond motifs is 1. The molecule has 0 fully saturated rings. The molecule has 1 nitrogen and oxygen atoms in total. The van der Waals surface area contributed by atoms with Crippen molar-refractivity contribution in [3.8, 4) is 5.75 Å². The molecule has 1 aromatic heterocycles. The minimum atomic E-state index is 0.580. The molecule has 0 aliphatic carbocycles. The first-order valence-corrected chi connectivity index (χ1v) is 5.37. The van der Waals surface area contributed by atoms with Gasteiger partial charge in [-0.25, -0.2) is 0 Å². The van der Waals surface area contributed by atoms with Crippen LogP contribution in [0.4, 0.5) is 0 Å². The third kappa shape index (κ3) is 1.41. The second-order valence-electron chi connectivity index (χ2n) is 2.57. The molecule has 0 saturated heterocycles. The third-order valence-electron chi connectivity index (χ3n) is 1.86. The van der Waals surface area contributed by atoms with Gasteiger partial charge in [-0.1, -0.05) is 11.6 Å². The first kappa shape index (κ1) is 9.19. The number of hydrogen-bond acceptors (Lipinski definition) is 3. The largest absolute Gasteiger partial charge is 0.495 e. The van der Waals surface area contributed by atoms with Gasteiger partial charge < -0.3 is 4.74 Å². The van der Waals surface area contributed by atoms with Gasteiger partial charge in [-0.2, -0.15) is 0 Å². The van der Waals surface area contributed by atoms with E-state index in [-0.39, 0.29) is 0 Å². The first-order chi connectivity index (χ1) is 6.24. The Labute approximate surface area is 90.7 Å². The Kier molecular flexibility index (Phi) is 2.41. The maximum atomic E-state index is 6.03. The number of halogens is 1. The summed E-state index contributed by atoms with van der Waals surface area (Å²) in [5.41, 5.74) is 0. The smallest absolute Gasteiger partial charge is 0.140 e. The molecule has 0 amide bonds. The van der Waals surface area contributed by atoms with Gasteiger partial charge in [0.25, 0.3) is 0 Å². The Morgan fingerprint density at radius 1 is 1.54 bits per heavy atom. The highest BCUT2D eigenvalue weighted by molar-refractivity contribution is 7.80. The number of ether oxygens (including phenoxy) is 1. The van der Waals surface area contributed by atoms with E-state index in [0.29, 0.717) is 10.8 Å². The maximum absolute atomic E-state index is 6.03. The molecule has 2 aromatic rings. The summed E-state index contributed by atoms with van der Waals surface area (Å²) in [7, 11) is 1.61. The van der Waals surface area contributed by atoms with Crippen LogP contribution < -0.4 is 4.74 Å². The summed E-state index contributed by atoms with van der Waals surface area (Å²) in [6.07, 6.45) is 0. The van der Waals surface area contributed by atoms with Gasteiger partial charge in [0.15, 0.2) is 0 Å². The molecule has 68 valence electrons. The van der Waals surface area contributed by atoms with Gasteiger partial charge in [-0.05, 0) is 17.5 Å². The Hall–Kier alpha value is -0.380. The fourth-order valence-corrected chi connectivity index (χ4v) is 2.63. The van der Waals surface area contributed by atoms with Gasteiger partial charge >= 0.3 is 0 Å². The normalized spacial score (nSPS) is 10.7. The van der Waals surface area contributed by atoms with Gasteiger partial charge in [-0.15, -0.1) is 24.0 Å². The molecule has 0 unspecified atom stereocenters. The molecule has 2 rings (SSSR count). The minimum Gasteiger partial charge on any atom is -0.495 e. The summed E-state index contributed by atoms with van der Waals surface area (Å²) in [6.45, 7) is 0. The summed E-state index contributed by atoms with van der Waals surface area (Å²) >= 11 is 12.0. The number of hydrogen-bond donors (Lipinski definition) is 1. The van der Waals surface area contributed by atoms with Crippen LogP contribution in [0.1, 0.15) is 0 Å². The zero-order valence-corrected chi connectivity index (χ0v) is 9.34. The van der Waals surface area contributed by atoms with Gasteiger partial charge in [-0.3, -0.25) is 0 Å². The Morgan fingerprint density at radius 3 is 3.00 bits per heavy atom. The lowest BCUT2D eigenvalue weighted by Crippen LogP contribution is -1.84. The molecule has 1 aromatic carbocycles. The first-order valence-electron chi connectivity index (χ1n) is 3.66. The van der Waals surface area contributed by atoms with E-state index in [2.05, 4.69) is 12.6 Å². The number of methoxy groups -OCH3 is 1. The second kappa shape index (κ2) is 3.40. The lowest BCUT2D eigenvalue weighted by atomic mass is 10.2. The van der Waals surface area contributed by atoms with Crippen LogP contribution in [0.15, 0.2) is 22.4 Å². The average molecular weight is 231 g/mol. The van der Waals surface area contributed by atoms with Crippen molar-refractivity contribution >= 4 is 45.7 Å². The molecule has 0 bridgehead atoms. The van der Waals surface area contributed by atoms with E-state index in [1.165, 1.54) is 0 Å². The Bertz CT molecular complexity index is 450. The Balaban J connectivity index is 2.83. The van der Waals surface area contributed by atoms with Crippen molar-refractivity contribution in [1.29, 1.82) is 0 Å². The lowest BCUT2D eigenvalue weighted by molar-refractivity contribution is 0.415. The van der Waals surface area contributed by atoms with Crippen LogP contribution in [-0.2, 0) is 0 Å². The fraction of sp³-hybridized carbons (Fsp3) is 0.111. The highest BCUT2D eigenvalue weighted by Gasteiger charge is 2.09. The molecule has 0 N–H and O–H groups in total. The van der Waals surface area contributed by atoms with Crippen molar-refractivity contribution in [2.45, 2.75) is 4.90 Å². The van der Waals surface area contributed by atoms with Crippen molar-refractivity contribution in [3.05, 3.63) is 22.5 Å². The van der Waals surface area contributed by atoms with Gasteiger partial charge in [0.1, 0.15) is 5.75 Å². The zero-order valence-electron chi connectivity index (χ0n) is 6.87. The molecular formula is C9H7ClOS2.